The van der Waals surface area contributed by atoms with Crippen molar-refractivity contribution in [3.63, 3.8) is 0 Å². The number of hydrogen-bond acceptors (Lipinski definition) is 10. The molecule has 2 heterocycles. The van der Waals surface area contributed by atoms with Crippen LogP contribution in [-0.4, -0.2) is 52.6 Å². The lowest BCUT2D eigenvalue weighted by atomic mass is 10.1. The molecule has 188 valence electrons. The van der Waals surface area contributed by atoms with Crippen LogP contribution in [0.3, 0.4) is 0 Å². The monoisotopic (exact) mass is 510 g/mol. The number of carbonyl (C=O) groups is 3. The highest BCUT2D eigenvalue weighted by molar-refractivity contribution is 7.17. The van der Waals surface area contributed by atoms with Crippen LogP contribution in [0, 0.1) is 25.2 Å². The minimum absolute atomic E-state index is 0.0767. The number of nitrogens with zero attached hydrogens (tertiary/aromatic N) is 6. The molecule has 0 fully saturated rings. The number of benzene rings is 1. The van der Waals surface area contributed by atoms with E-state index in [1.807, 2.05) is 6.07 Å². The molecule has 12 heteroatoms. The van der Waals surface area contributed by atoms with Gasteiger partial charge in [0.25, 0.3) is 0 Å². The molecule has 0 aliphatic heterocycles. The van der Waals surface area contributed by atoms with E-state index in [0.29, 0.717) is 45.1 Å². The van der Waals surface area contributed by atoms with E-state index in [9.17, 15) is 19.6 Å². The fourth-order valence-electron chi connectivity index (χ4n) is 3.38. The Morgan fingerprint density at radius 1 is 1.28 bits per heavy atom. The van der Waals surface area contributed by atoms with Crippen LogP contribution in [-0.2, 0) is 14.3 Å². The molecule has 0 unspecified atom stereocenters. The van der Waals surface area contributed by atoms with Gasteiger partial charge in [-0.2, -0.15) is 10.2 Å². The van der Waals surface area contributed by atoms with Crippen LogP contribution < -0.4 is 9.80 Å². The summed E-state index contributed by atoms with van der Waals surface area (Å²) in [6, 6.07) is 8.18. The van der Waals surface area contributed by atoms with Crippen molar-refractivity contribution in [2.24, 2.45) is 0 Å². The Morgan fingerprint density at radius 2 is 2.03 bits per heavy atom. The molecule has 0 spiro atoms. The Morgan fingerprint density at radius 3 is 2.64 bits per heavy atom. The molecule has 36 heavy (non-hydrogen) atoms. The minimum Gasteiger partial charge on any atom is -0.459 e. The van der Waals surface area contributed by atoms with Crippen LogP contribution in [0.25, 0.3) is 11.4 Å². The third-order valence-corrected chi connectivity index (χ3v) is 6.36. The summed E-state index contributed by atoms with van der Waals surface area (Å²) in [5.41, 5.74) is 1.55. The first-order chi connectivity index (χ1) is 17.1. The highest BCUT2D eigenvalue weighted by Gasteiger charge is 2.27. The number of rotatable bonds is 10. The number of aryl methyl sites for hydroxylation is 2. The summed E-state index contributed by atoms with van der Waals surface area (Å²) in [7, 11) is 1.53. The van der Waals surface area contributed by atoms with E-state index < -0.39 is 12.0 Å². The summed E-state index contributed by atoms with van der Waals surface area (Å²) >= 11 is 1.05. The van der Waals surface area contributed by atoms with E-state index in [1.165, 1.54) is 16.8 Å². The summed E-state index contributed by atoms with van der Waals surface area (Å²) in [5.74, 6) is -0.113. The first-order valence-corrected chi connectivity index (χ1v) is 11.9. The van der Waals surface area contributed by atoms with Gasteiger partial charge in [-0.25, -0.2) is 9.78 Å². The number of thiazole rings is 1. The average molecular weight is 511 g/mol. The van der Waals surface area contributed by atoms with E-state index >= 15 is 0 Å². The fourth-order valence-corrected chi connectivity index (χ4v) is 4.31. The number of carbonyl (C=O) groups excluding carboxylic acids is 3. The Balaban J connectivity index is 1.81. The first kappa shape index (κ1) is 26.5. The summed E-state index contributed by atoms with van der Waals surface area (Å²) in [6.45, 7) is 6.83. The van der Waals surface area contributed by atoms with Crippen molar-refractivity contribution >= 4 is 40.4 Å². The molecular weight excluding hydrogens is 484 g/mol. The Hall–Kier alpha value is -4.11. The van der Waals surface area contributed by atoms with Gasteiger partial charge in [-0.3, -0.25) is 14.5 Å². The van der Waals surface area contributed by atoms with Gasteiger partial charge in [-0.1, -0.05) is 28.6 Å². The number of hydrogen-bond donors (Lipinski definition) is 0. The minimum atomic E-state index is -0.740. The van der Waals surface area contributed by atoms with Crippen molar-refractivity contribution in [2.75, 3.05) is 16.8 Å². The Bertz CT molecular complexity index is 1290. The summed E-state index contributed by atoms with van der Waals surface area (Å²) < 4.78 is 10.3. The number of nitriles is 1. The van der Waals surface area contributed by atoms with Crippen LogP contribution in [0.15, 0.2) is 28.8 Å². The molecule has 3 aromatic rings. The van der Waals surface area contributed by atoms with Gasteiger partial charge >= 0.3 is 5.97 Å². The zero-order valence-electron chi connectivity index (χ0n) is 20.6. The topological polar surface area (TPSA) is 143 Å². The van der Waals surface area contributed by atoms with Crippen molar-refractivity contribution in [1.29, 1.82) is 5.26 Å². The molecule has 0 aliphatic rings. The molecule has 11 nitrogen and oxygen atoms in total. The van der Waals surface area contributed by atoms with E-state index in [1.54, 1.807) is 52.0 Å². The standard InChI is InChI=1S/C24H26N6O5S/c1-14(2)34-23(33)21-15(3)26-24(36-21)29(5)20(32)12-19(9-10-25)30(13-31)18-8-6-7-17(11-18)22-27-16(4)35-28-22/h6-8,11,13-14,19H,9,12H2,1-5H3/t19-/m0/s1. The molecule has 0 saturated carbocycles. The predicted octanol–water partition coefficient (Wildman–Crippen LogP) is 3.67. The summed E-state index contributed by atoms with van der Waals surface area (Å²) in [5, 5.41) is 13.6. The quantitative estimate of drug-likeness (QED) is 0.295. The van der Waals surface area contributed by atoms with Crippen molar-refractivity contribution < 1.29 is 23.6 Å². The lowest BCUT2D eigenvalue weighted by molar-refractivity contribution is -0.118. The number of anilines is 2. The molecule has 1 aromatic carbocycles. The van der Waals surface area contributed by atoms with E-state index in [2.05, 4.69) is 15.1 Å². The van der Waals surface area contributed by atoms with Crippen LogP contribution in [0.1, 0.15) is 47.9 Å². The van der Waals surface area contributed by atoms with Gasteiger partial charge in [0.1, 0.15) is 4.88 Å². The van der Waals surface area contributed by atoms with Crippen LogP contribution >= 0.6 is 11.3 Å². The van der Waals surface area contributed by atoms with Crippen molar-refractivity contribution in [1.82, 2.24) is 15.1 Å². The number of ether oxygens (including phenoxy) is 1. The maximum Gasteiger partial charge on any atom is 0.350 e. The van der Waals surface area contributed by atoms with Crippen molar-refractivity contribution in [3.05, 3.63) is 40.7 Å². The molecule has 2 amide bonds. The van der Waals surface area contributed by atoms with Gasteiger partial charge in [0.2, 0.25) is 24.0 Å². The molecule has 0 radical (unpaired) electrons. The highest BCUT2D eigenvalue weighted by atomic mass is 32.1. The zero-order chi connectivity index (χ0) is 26.4. The molecule has 0 N–H and O–H groups in total. The molecule has 0 saturated heterocycles. The third kappa shape index (κ3) is 6.11. The van der Waals surface area contributed by atoms with Crippen molar-refractivity contribution in [3.8, 4) is 17.5 Å². The second kappa shape index (κ2) is 11.5. The maximum absolute atomic E-state index is 13.1. The lowest BCUT2D eigenvalue weighted by Crippen LogP contribution is -2.39. The maximum atomic E-state index is 13.1. The predicted molar refractivity (Wildman–Crippen MR) is 132 cm³/mol. The zero-order valence-corrected chi connectivity index (χ0v) is 21.4. The Labute approximate surface area is 212 Å². The molecule has 0 bridgehead atoms. The van der Waals surface area contributed by atoms with Crippen LogP contribution in [0.4, 0.5) is 10.8 Å². The molecule has 3 rings (SSSR count). The molecule has 1 atom stereocenters. The third-order valence-electron chi connectivity index (χ3n) is 5.15. The Kier molecular flexibility index (Phi) is 8.50. The normalized spacial score (nSPS) is 11.6. The van der Waals surface area contributed by atoms with Crippen LogP contribution in [0.5, 0.6) is 0 Å². The van der Waals surface area contributed by atoms with E-state index in [0.717, 1.165) is 11.3 Å². The number of esters is 1. The molecular formula is C24H26N6O5S. The van der Waals surface area contributed by atoms with Gasteiger partial charge in [0.15, 0.2) is 5.13 Å². The molecule has 0 aliphatic carbocycles. The largest absolute Gasteiger partial charge is 0.459 e. The van der Waals surface area contributed by atoms with Crippen molar-refractivity contribution in [2.45, 2.75) is 52.7 Å². The van der Waals surface area contributed by atoms with Gasteiger partial charge in [-0.05, 0) is 32.9 Å². The second-order valence-electron chi connectivity index (χ2n) is 8.24. The SMILES string of the molecule is Cc1nc(-c2cccc(N(C=O)[C@@H](CC#N)CC(=O)N(C)c3nc(C)c(C(=O)OC(C)C)s3)c2)no1. The van der Waals surface area contributed by atoms with Gasteiger partial charge in [-0.15, -0.1) is 0 Å². The second-order valence-corrected chi connectivity index (χ2v) is 9.22. The van der Waals surface area contributed by atoms with Gasteiger partial charge in [0.05, 0.1) is 30.3 Å². The number of amides is 2. The number of aromatic nitrogens is 3. The summed E-state index contributed by atoms with van der Waals surface area (Å²) in [6.07, 6.45) is 0.0834. The van der Waals surface area contributed by atoms with Crippen LogP contribution in [0.2, 0.25) is 0 Å². The van der Waals surface area contributed by atoms with Gasteiger partial charge < -0.3 is 14.2 Å². The first-order valence-electron chi connectivity index (χ1n) is 11.1. The summed E-state index contributed by atoms with van der Waals surface area (Å²) in [4.78, 5) is 49.0. The smallest absolute Gasteiger partial charge is 0.350 e. The molecule has 2 aromatic heterocycles. The fraction of sp³-hybridized carbons (Fsp3) is 0.375. The van der Waals surface area contributed by atoms with Gasteiger partial charge in [0, 0.05) is 31.6 Å². The van der Waals surface area contributed by atoms with E-state index in [4.69, 9.17) is 9.26 Å². The average Bonchev–Trinajstić information content (AvgIpc) is 3.44. The highest BCUT2D eigenvalue weighted by Crippen LogP contribution is 2.29. The lowest BCUT2D eigenvalue weighted by Gasteiger charge is -2.27. The van der Waals surface area contributed by atoms with E-state index in [-0.39, 0.29) is 24.9 Å².